The largest absolute Gasteiger partial charge is 0.345 e. The molecule has 2 aromatic rings. The Kier molecular flexibility index (Phi) is 3.38. The van der Waals surface area contributed by atoms with E-state index in [0.29, 0.717) is 12.8 Å². The zero-order valence-corrected chi connectivity index (χ0v) is 12.0. The molecule has 1 aliphatic rings. The second-order valence-corrected chi connectivity index (χ2v) is 5.74. The number of aromatic amines is 1. The van der Waals surface area contributed by atoms with Gasteiger partial charge in [0, 0.05) is 0 Å². The van der Waals surface area contributed by atoms with Crippen LogP contribution in [-0.2, 0) is 4.79 Å². The zero-order chi connectivity index (χ0) is 14.9. The molecule has 21 heavy (non-hydrogen) atoms. The predicted octanol–water partition coefficient (Wildman–Crippen LogP) is 2.82. The Morgan fingerprint density at radius 1 is 1.43 bits per heavy atom. The van der Waals surface area contributed by atoms with Crippen molar-refractivity contribution in [3.8, 4) is 6.07 Å². The van der Waals surface area contributed by atoms with E-state index in [9.17, 15) is 10.1 Å². The number of H-pyrrole nitrogens is 1. The predicted molar refractivity (Wildman–Crippen MR) is 79.2 cm³/mol. The number of imidazole rings is 1. The molecule has 1 atom stereocenters. The molecule has 0 aliphatic heterocycles. The van der Waals surface area contributed by atoms with E-state index in [1.54, 1.807) is 0 Å². The minimum absolute atomic E-state index is 0.171. The average Bonchev–Trinajstić information content (AvgIpc) is 3.14. The Labute approximate surface area is 123 Å². The van der Waals surface area contributed by atoms with Gasteiger partial charge in [-0.2, -0.15) is 5.26 Å². The summed E-state index contributed by atoms with van der Waals surface area (Å²) in [5.41, 5.74) is 0.981. The minimum Gasteiger partial charge on any atom is -0.345 e. The quantitative estimate of drug-likeness (QED) is 0.908. The molecule has 1 fully saturated rings. The van der Waals surface area contributed by atoms with Crippen LogP contribution < -0.4 is 5.32 Å². The zero-order valence-electron chi connectivity index (χ0n) is 12.0. The Bertz CT molecular complexity index is 673. The summed E-state index contributed by atoms with van der Waals surface area (Å²) < 4.78 is 0. The molecule has 1 aromatic heterocycles. The third-order valence-corrected chi connectivity index (χ3v) is 4.27. The highest BCUT2D eigenvalue weighted by Crippen LogP contribution is 2.38. The first-order chi connectivity index (χ1) is 10.1. The maximum Gasteiger partial charge on any atom is 0.241 e. The molecule has 1 heterocycles. The third-order valence-electron chi connectivity index (χ3n) is 4.27. The molecule has 0 saturated heterocycles. The van der Waals surface area contributed by atoms with E-state index in [0.717, 1.165) is 29.7 Å². The fourth-order valence-corrected chi connectivity index (χ4v) is 2.95. The van der Waals surface area contributed by atoms with Gasteiger partial charge in [0.1, 0.15) is 11.2 Å². The fraction of sp³-hybridized carbons (Fsp3) is 0.438. The number of nitrogens with zero attached hydrogens (tertiary/aromatic N) is 2. The molecule has 3 rings (SSSR count). The van der Waals surface area contributed by atoms with Gasteiger partial charge in [0.15, 0.2) is 0 Å². The number of carbonyl (C=O) groups is 1. The molecule has 1 unspecified atom stereocenters. The van der Waals surface area contributed by atoms with Crippen LogP contribution in [0.2, 0.25) is 0 Å². The molecule has 1 aromatic carbocycles. The maximum absolute atomic E-state index is 12.4. The number of rotatable bonds is 3. The lowest BCUT2D eigenvalue weighted by Crippen LogP contribution is -2.39. The molecule has 0 bridgehead atoms. The van der Waals surface area contributed by atoms with Gasteiger partial charge in [0.2, 0.25) is 5.91 Å². The first-order valence-electron chi connectivity index (χ1n) is 7.31. The lowest BCUT2D eigenvalue weighted by Gasteiger charge is -2.21. The highest BCUT2D eigenvalue weighted by atomic mass is 16.2. The van der Waals surface area contributed by atoms with Crippen molar-refractivity contribution in [1.82, 2.24) is 15.3 Å². The second-order valence-electron chi connectivity index (χ2n) is 5.74. The number of aromatic nitrogens is 2. The number of amides is 1. The molecule has 1 saturated carbocycles. The summed E-state index contributed by atoms with van der Waals surface area (Å²) in [6.07, 6.45) is 3.20. The smallest absolute Gasteiger partial charge is 0.241 e. The van der Waals surface area contributed by atoms with Gasteiger partial charge in [0.25, 0.3) is 0 Å². The van der Waals surface area contributed by atoms with Gasteiger partial charge in [-0.1, -0.05) is 25.0 Å². The SMILES string of the molecule is CC(NC(=O)C1(C#N)CCCC1)c1nc2ccccc2[nH]1. The van der Waals surface area contributed by atoms with Crippen molar-refractivity contribution in [3.05, 3.63) is 30.1 Å². The number of nitriles is 1. The van der Waals surface area contributed by atoms with Crippen LogP contribution in [-0.4, -0.2) is 15.9 Å². The van der Waals surface area contributed by atoms with Crippen molar-refractivity contribution in [2.24, 2.45) is 5.41 Å². The first kappa shape index (κ1) is 13.6. The van der Waals surface area contributed by atoms with Crippen LogP contribution in [0.5, 0.6) is 0 Å². The van der Waals surface area contributed by atoms with Gasteiger partial charge < -0.3 is 10.3 Å². The van der Waals surface area contributed by atoms with Crippen molar-refractivity contribution in [2.45, 2.75) is 38.6 Å². The number of carbonyl (C=O) groups excluding carboxylic acids is 1. The molecule has 108 valence electrons. The van der Waals surface area contributed by atoms with Crippen LogP contribution in [0.25, 0.3) is 11.0 Å². The summed E-state index contributed by atoms with van der Waals surface area (Å²) in [7, 11) is 0. The summed E-state index contributed by atoms with van der Waals surface area (Å²) in [5.74, 6) is 0.547. The highest BCUT2D eigenvalue weighted by Gasteiger charge is 2.42. The normalized spacial score (nSPS) is 18.3. The molecule has 0 spiro atoms. The van der Waals surface area contributed by atoms with Crippen molar-refractivity contribution < 1.29 is 4.79 Å². The summed E-state index contributed by atoms with van der Waals surface area (Å²) >= 11 is 0. The first-order valence-corrected chi connectivity index (χ1v) is 7.31. The van der Waals surface area contributed by atoms with Crippen molar-refractivity contribution >= 4 is 16.9 Å². The van der Waals surface area contributed by atoms with Gasteiger partial charge in [0.05, 0.1) is 23.1 Å². The van der Waals surface area contributed by atoms with Gasteiger partial charge in [-0.25, -0.2) is 4.98 Å². The maximum atomic E-state index is 12.4. The van der Waals surface area contributed by atoms with Crippen LogP contribution in [0.3, 0.4) is 0 Å². The fourth-order valence-electron chi connectivity index (χ4n) is 2.95. The minimum atomic E-state index is -0.847. The number of fused-ring (bicyclic) bond motifs is 1. The lowest BCUT2D eigenvalue weighted by molar-refractivity contribution is -0.128. The monoisotopic (exact) mass is 282 g/mol. The molecule has 2 N–H and O–H groups in total. The standard InChI is InChI=1S/C16H18N4O/c1-11(14-19-12-6-2-3-7-13(12)20-14)18-15(21)16(10-17)8-4-5-9-16/h2-3,6-7,11H,4-5,8-9H2,1H3,(H,18,21)(H,19,20). The average molecular weight is 282 g/mol. The summed E-state index contributed by atoms with van der Waals surface area (Å²) in [5, 5.41) is 12.3. The van der Waals surface area contributed by atoms with E-state index in [1.165, 1.54) is 0 Å². The van der Waals surface area contributed by atoms with Crippen LogP contribution in [0.15, 0.2) is 24.3 Å². The Morgan fingerprint density at radius 2 is 2.14 bits per heavy atom. The summed E-state index contributed by atoms with van der Waals surface area (Å²) in [4.78, 5) is 20.1. The van der Waals surface area contributed by atoms with Crippen LogP contribution in [0.4, 0.5) is 0 Å². The van der Waals surface area contributed by atoms with E-state index in [-0.39, 0.29) is 11.9 Å². The van der Waals surface area contributed by atoms with E-state index in [2.05, 4.69) is 21.4 Å². The van der Waals surface area contributed by atoms with E-state index >= 15 is 0 Å². The molecule has 0 radical (unpaired) electrons. The number of para-hydroxylation sites is 2. The van der Waals surface area contributed by atoms with Gasteiger partial charge in [-0.15, -0.1) is 0 Å². The number of benzene rings is 1. The van der Waals surface area contributed by atoms with E-state index < -0.39 is 5.41 Å². The second kappa shape index (κ2) is 5.21. The molecule has 1 aliphatic carbocycles. The van der Waals surface area contributed by atoms with Crippen LogP contribution in [0.1, 0.15) is 44.5 Å². The van der Waals surface area contributed by atoms with Gasteiger partial charge in [-0.3, -0.25) is 4.79 Å². The Morgan fingerprint density at radius 3 is 2.81 bits per heavy atom. The summed E-state index contributed by atoms with van der Waals surface area (Å²) in [6, 6.07) is 9.73. The van der Waals surface area contributed by atoms with Crippen LogP contribution >= 0.6 is 0 Å². The molecule has 5 heteroatoms. The number of hydrogen-bond acceptors (Lipinski definition) is 3. The third kappa shape index (κ3) is 2.38. The van der Waals surface area contributed by atoms with Crippen molar-refractivity contribution in [3.63, 3.8) is 0 Å². The van der Waals surface area contributed by atoms with Crippen LogP contribution in [0, 0.1) is 16.7 Å². The Balaban J connectivity index is 1.78. The Hall–Kier alpha value is -2.35. The molecule has 1 amide bonds. The molecule has 5 nitrogen and oxygen atoms in total. The molecular weight excluding hydrogens is 264 g/mol. The van der Waals surface area contributed by atoms with Gasteiger partial charge >= 0.3 is 0 Å². The van der Waals surface area contributed by atoms with E-state index in [4.69, 9.17) is 0 Å². The molecular formula is C16H18N4O. The van der Waals surface area contributed by atoms with E-state index in [1.807, 2.05) is 31.2 Å². The van der Waals surface area contributed by atoms with Crippen molar-refractivity contribution in [2.75, 3.05) is 0 Å². The lowest BCUT2D eigenvalue weighted by atomic mass is 9.87. The van der Waals surface area contributed by atoms with Gasteiger partial charge in [-0.05, 0) is 31.9 Å². The highest BCUT2D eigenvalue weighted by molar-refractivity contribution is 5.86. The number of nitrogens with one attached hydrogen (secondary N) is 2. The van der Waals surface area contributed by atoms with Crippen molar-refractivity contribution in [1.29, 1.82) is 5.26 Å². The number of hydrogen-bond donors (Lipinski definition) is 2. The summed E-state index contributed by atoms with van der Waals surface area (Å²) in [6.45, 7) is 1.88. The topological polar surface area (TPSA) is 81.6 Å².